The van der Waals surface area contributed by atoms with Crippen molar-refractivity contribution in [3.05, 3.63) is 16.0 Å². The second kappa shape index (κ2) is 6.91. The predicted octanol–water partition coefficient (Wildman–Crippen LogP) is 2.76. The first-order valence-corrected chi connectivity index (χ1v) is 8.09. The number of esters is 2. The molecule has 6 nitrogen and oxygen atoms in total. The van der Waals surface area contributed by atoms with E-state index in [9.17, 15) is 14.4 Å². The summed E-state index contributed by atoms with van der Waals surface area (Å²) in [5, 5.41) is 3.10. The fourth-order valence-electron chi connectivity index (χ4n) is 2.00. The maximum Gasteiger partial charge on any atom is 0.348 e. The molecule has 1 amide bonds. The van der Waals surface area contributed by atoms with Gasteiger partial charge in [0.25, 0.3) is 0 Å². The molecule has 120 valence electrons. The summed E-state index contributed by atoms with van der Waals surface area (Å²) >= 11 is 1.05. The third-order valence-corrected chi connectivity index (χ3v) is 4.46. The maximum absolute atomic E-state index is 12.1. The smallest absolute Gasteiger partial charge is 0.348 e. The summed E-state index contributed by atoms with van der Waals surface area (Å²) in [5.74, 6) is -1.16. The van der Waals surface area contributed by atoms with Crippen molar-refractivity contribution < 1.29 is 23.9 Å². The second-order valence-electron chi connectivity index (χ2n) is 4.96. The van der Waals surface area contributed by atoms with E-state index in [1.54, 1.807) is 20.8 Å². The summed E-state index contributed by atoms with van der Waals surface area (Å²) < 4.78 is 10.0. The molecule has 1 heterocycles. The number of thiophene rings is 1. The van der Waals surface area contributed by atoms with Crippen LogP contribution >= 0.6 is 11.3 Å². The summed E-state index contributed by atoms with van der Waals surface area (Å²) in [6.07, 6.45) is 1.71. The van der Waals surface area contributed by atoms with Crippen LogP contribution in [-0.2, 0) is 14.3 Å². The van der Waals surface area contributed by atoms with E-state index in [1.165, 1.54) is 0 Å². The lowest BCUT2D eigenvalue weighted by molar-refractivity contribution is -0.117. The molecule has 0 bridgehead atoms. The Bertz CT molecular complexity index is 603. The number of hydrogen-bond donors (Lipinski definition) is 1. The van der Waals surface area contributed by atoms with Gasteiger partial charge in [-0.05, 0) is 39.2 Å². The normalized spacial score (nSPS) is 13.6. The van der Waals surface area contributed by atoms with Gasteiger partial charge in [-0.2, -0.15) is 0 Å². The van der Waals surface area contributed by atoms with Gasteiger partial charge in [0.1, 0.15) is 9.88 Å². The number of rotatable bonds is 6. The number of carbonyl (C=O) groups is 3. The molecule has 1 N–H and O–H groups in total. The van der Waals surface area contributed by atoms with Gasteiger partial charge in [-0.3, -0.25) is 4.79 Å². The maximum atomic E-state index is 12.1. The van der Waals surface area contributed by atoms with Crippen molar-refractivity contribution in [1.82, 2.24) is 0 Å². The Morgan fingerprint density at radius 3 is 2.27 bits per heavy atom. The van der Waals surface area contributed by atoms with Crippen LogP contribution in [0.5, 0.6) is 0 Å². The first-order chi connectivity index (χ1) is 10.5. The van der Waals surface area contributed by atoms with E-state index in [4.69, 9.17) is 9.47 Å². The molecule has 0 aliphatic heterocycles. The molecule has 7 heteroatoms. The molecule has 1 saturated carbocycles. The minimum Gasteiger partial charge on any atom is -0.462 e. The number of nitrogens with one attached hydrogen (secondary N) is 1. The molecule has 1 fully saturated rings. The summed E-state index contributed by atoms with van der Waals surface area (Å²) in [7, 11) is 0. The van der Waals surface area contributed by atoms with Crippen LogP contribution in [0.15, 0.2) is 0 Å². The van der Waals surface area contributed by atoms with Crippen LogP contribution in [-0.4, -0.2) is 31.1 Å². The first kappa shape index (κ1) is 16.5. The van der Waals surface area contributed by atoms with Gasteiger partial charge >= 0.3 is 11.9 Å². The molecule has 2 rings (SSSR count). The Balaban J connectivity index is 2.35. The van der Waals surface area contributed by atoms with Crippen molar-refractivity contribution in [2.45, 2.75) is 33.6 Å². The zero-order chi connectivity index (χ0) is 16.3. The lowest BCUT2D eigenvalue weighted by Gasteiger charge is -2.06. The second-order valence-corrected chi connectivity index (χ2v) is 5.99. The Kier molecular flexibility index (Phi) is 5.18. The number of hydrogen-bond acceptors (Lipinski definition) is 6. The molecule has 0 radical (unpaired) electrons. The average Bonchev–Trinajstić information content (AvgIpc) is 3.25. The zero-order valence-electron chi connectivity index (χ0n) is 12.9. The van der Waals surface area contributed by atoms with Crippen molar-refractivity contribution in [3.8, 4) is 0 Å². The van der Waals surface area contributed by atoms with Crippen LogP contribution in [0, 0.1) is 12.8 Å². The number of amides is 1. The lowest BCUT2D eigenvalue weighted by atomic mass is 10.1. The average molecular weight is 325 g/mol. The molecule has 1 aromatic rings. The van der Waals surface area contributed by atoms with E-state index in [-0.39, 0.29) is 30.6 Å². The topological polar surface area (TPSA) is 81.7 Å². The van der Waals surface area contributed by atoms with Crippen LogP contribution in [0.4, 0.5) is 5.00 Å². The number of anilines is 1. The summed E-state index contributed by atoms with van der Waals surface area (Å²) in [4.78, 5) is 36.4. The van der Waals surface area contributed by atoms with E-state index < -0.39 is 11.9 Å². The first-order valence-electron chi connectivity index (χ1n) is 7.28. The third kappa shape index (κ3) is 3.47. The Labute approximate surface area is 132 Å². The lowest BCUT2D eigenvalue weighted by Crippen LogP contribution is -2.16. The molecule has 1 aliphatic rings. The number of carbonyl (C=O) groups excluding carboxylic acids is 3. The van der Waals surface area contributed by atoms with Gasteiger partial charge in [0.2, 0.25) is 5.91 Å². The summed E-state index contributed by atoms with van der Waals surface area (Å²) in [6.45, 7) is 5.53. The Morgan fingerprint density at radius 2 is 1.73 bits per heavy atom. The quantitative estimate of drug-likeness (QED) is 0.813. The van der Waals surface area contributed by atoms with Crippen LogP contribution < -0.4 is 5.32 Å². The monoisotopic (exact) mass is 325 g/mol. The van der Waals surface area contributed by atoms with Gasteiger partial charge in [0.05, 0.1) is 18.8 Å². The van der Waals surface area contributed by atoms with E-state index in [0.717, 1.165) is 24.2 Å². The highest BCUT2D eigenvalue weighted by Gasteiger charge is 2.33. The zero-order valence-corrected chi connectivity index (χ0v) is 13.7. The predicted molar refractivity (Wildman–Crippen MR) is 82.3 cm³/mol. The third-order valence-electron chi connectivity index (χ3n) is 3.27. The van der Waals surface area contributed by atoms with Crippen molar-refractivity contribution in [1.29, 1.82) is 0 Å². The highest BCUT2D eigenvalue weighted by Crippen LogP contribution is 2.37. The molecule has 0 saturated heterocycles. The van der Waals surface area contributed by atoms with Crippen LogP contribution in [0.3, 0.4) is 0 Å². The molecule has 22 heavy (non-hydrogen) atoms. The van der Waals surface area contributed by atoms with Crippen LogP contribution in [0.1, 0.15) is 52.3 Å². The molecule has 1 aliphatic carbocycles. The van der Waals surface area contributed by atoms with Crippen molar-refractivity contribution in [3.63, 3.8) is 0 Å². The van der Waals surface area contributed by atoms with Crippen molar-refractivity contribution in [2.24, 2.45) is 5.92 Å². The molecule has 1 aromatic heterocycles. The standard InChI is InChI=1S/C15H19NO5S/c1-4-20-14(18)10-8(3)11(15(19)21-5-2)22-13(10)16-12(17)9-6-7-9/h9H,4-7H2,1-3H3,(H,16,17). The van der Waals surface area contributed by atoms with Gasteiger partial charge in [-0.1, -0.05) is 0 Å². The van der Waals surface area contributed by atoms with E-state index in [1.807, 2.05) is 0 Å². The van der Waals surface area contributed by atoms with Gasteiger partial charge in [-0.25, -0.2) is 9.59 Å². The van der Waals surface area contributed by atoms with E-state index >= 15 is 0 Å². The minimum absolute atomic E-state index is 0.00324. The van der Waals surface area contributed by atoms with Crippen LogP contribution in [0.25, 0.3) is 0 Å². The molecule has 0 unspecified atom stereocenters. The van der Waals surface area contributed by atoms with Crippen LogP contribution in [0.2, 0.25) is 0 Å². The molecular weight excluding hydrogens is 306 g/mol. The van der Waals surface area contributed by atoms with Crippen molar-refractivity contribution in [2.75, 3.05) is 18.5 Å². The van der Waals surface area contributed by atoms with Gasteiger partial charge < -0.3 is 14.8 Å². The SMILES string of the molecule is CCOC(=O)c1sc(NC(=O)C2CC2)c(C(=O)OCC)c1C. The molecule has 0 aromatic carbocycles. The molecule has 0 spiro atoms. The van der Waals surface area contributed by atoms with Gasteiger partial charge in [0, 0.05) is 5.92 Å². The van der Waals surface area contributed by atoms with Gasteiger partial charge in [-0.15, -0.1) is 11.3 Å². The highest BCUT2D eigenvalue weighted by molar-refractivity contribution is 7.18. The fourth-order valence-corrected chi connectivity index (χ4v) is 3.09. The largest absolute Gasteiger partial charge is 0.462 e. The summed E-state index contributed by atoms with van der Waals surface area (Å²) in [6, 6.07) is 0. The number of ether oxygens (including phenoxy) is 2. The fraction of sp³-hybridized carbons (Fsp3) is 0.533. The Morgan fingerprint density at radius 1 is 1.14 bits per heavy atom. The minimum atomic E-state index is -0.544. The molecular formula is C15H19NO5S. The van der Waals surface area contributed by atoms with Crippen molar-refractivity contribution >= 4 is 34.2 Å². The Hall–Kier alpha value is -1.89. The van der Waals surface area contributed by atoms with E-state index in [0.29, 0.717) is 15.4 Å². The molecule has 0 atom stereocenters. The van der Waals surface area contributed by atoms with E-state index in [2.05, 4.69) is 5.32 Å². The highest BCUT2D eigenvalue weighted by atomic mass is 32.1. The summed E-state index contributed by atoms with van der Waals surface area (Å²) in [5.41, 5.74) is 0.719. The van der Waals surface area contributed by atoms with Gasteiger partial charge in [0.15, 0.2) is 0 Å².